The van der Waals surface area contributed by atoms with Crippen molar-refractivity contribution in [3.8, 4) is 0 Å². The molecule has 1 fully saturated rings. The fraction of sp³-hybridized carbons (Fsp3) is 0.182. The van der Waals surface area contributed by atoms with Crippen LogP contribution in [0.4, 0.5) is 10.6 Å². The maximum Gasteiger partial charge on any atom is 0.329 e. The van der Waals surface area contributed by atoms with E-state index in [1.807, 2.05) is 12.1 Å². The lowest BCUT2D eigenvalue weighted by Gasteiger charge is -2.23. The molecule has 0 aromatic carbocycles. The van der Waals surface area contributed by atoms with E-state index in [9.17, 15) is 9.59 Å². The van der Waals surface area contributed by atoms with Crippen LogP contribution in [0.3, 0.4) is 0 Å². The van der Waals surface area contributed by atoms with E-state index in [4.69, 9.17) is 0 Å². The molecule has 0 unspecified atom stereocenters. The second-order valence-electron chi connectivity index (χ2n) is 3.97. The first-order valence-corrected chi connectivity index (χ1v) is 6.19. The van der Waals surface area contributed by atoms with Gasteiger partial charge in [0, 0.05) is 29.7 Å². The number of carbonyl (C=O) groups excluding carboxylic acids is 2. The Morgan fingerprint density at radius 2 is 2.17 bits per heavy atom. The van der Waals surface area contributed by atoms with Crippen molar-refractivity contribution >= 4 is 39.2 Å². The van der Waals surface area contributed by atoms with E-state index in [1.165, 1.54) is 4.90 Å². The fourth-order valence-electron chi connectivity index (χ4n) is 1.87. The zero-order valence-electron chi connectivity index (χ0n) is 9.26. The number of pyridine rings is 1. The number of nitrogens with zero attached hydrogens (tertiary/aromatic N) is 3. The van der Waals surface area contributed by atoms with Gasteiger partial charge in [0.1, 0.15) is 0 Å². The lowest BCUT2D eigenvalue weighted by Crippen LogP contribution is -2.49. The van der Waals surface area contributed by atoms with Crippen molar-refractivity contribution in [3.05, 3.63) is 28.9 Å². The summed E-state index contributed by atoms with van der Waals surface area (Å²) in [5.74, 6) is 0.292. The molecule has 3 amide bonds. The monoisotopic (exact) mass is 308 g/mol. The van der Waals surface area contributed by atoms with E-state index in [-0.39, 0.29) is 5.91 Å². The first kappa shape index (κ1) is 11.2. The molecule has 0 bridgehead atoms. The summed E-state index contributed by atoms with van der Waals surface area (Å²) in [4.78, 5) is 24.2. The van der Waals surface area contributed by atoms with Crippen LogP contribution in [0, 0.1) is 0 Å². The highest BCUT2D eigenvalue weighted by Gasteiger charge is 2.25. The fourth-order valence-corrected chi connectivity index (χ4v) is 2.22. The summed E-state index contributed by atoms with van der Waals surface area (Å²) in [5.41, 5.74) is 0.879. The van der Waals surface area contributed by atoms with Crippen molar-refractivity contribution in [2.75, 3.05) is 11.4 Å². The smallest absolute Gasteiger partial charge is 0.278 e. The van der Waals surface area contributed by atoms with E-state index < -0.39 is 6.03 Å². The number of carbonyl (C=O) groups is 2. The van der Waals surface area contributed by atoms with Gasteiger partial charge < -0.3 is 0 Å². The van der Waals surface area contributed by atoms with Gasteiger partial charge in [0.15, 0.2) is 5.82 Å². The number of halogens is 1. The number of rotatable bonds is 1. The van der Waals surface area contributed by atoms with Crippen molar-refractivity contribution in [3.63, 3.8) is 0 Å². The molecule has 3 heterocycles. The number of urea groups is 1. The molecule has 7 heteroatoms. The Morgan fingerprint density at radius 3 is 2.94 bits per heavy atom. The van der Waals surface area contributed by atoms with E-state index in [1.54, 1.807) is 16.8 Å². The molecule has 0 saturated carbocycles. The predicted molar refractivity (Wildman–Crippen MR) is 68.4 cm³/mol. The molecule has 1 aliphatic heterocycles. The molecule has 92 valence electrons. The molecule has 2 aromatic heterocycles. The molecule has 18 heavy (non-hydrogen) atoms. The predicted octanol–water partition coefficient (Wildman–Crippen LogP) is 1.54. The van der Waals surface area contributed by atoms with Gasteiger partial charge in [-0.15, -0.1) is 5.10 Å². The lowest BCUT2D eigenvalue weighted by molar-refractivity contribution is -0.120. The Morgan fingerprint density at radius 1 is 1.33 bits per heavy atom. The van der Waals surface area contributed by atoms with Gasteiger partial charge in [-0.25, -0.2) is 9.31 Å². The van der Waals surface area contributed by atoms with Crippen molar-refractivity contribution in [2.24, 2.45) is 0 Å². The lowest BCUT2D eigenvalue weighted by atomic mass is 10.3. The van der Waals surface area contributed by atoms with Crippen LogP contribution in [0.5, 0.6) is 0 Å². The number of aromatic nitrogens is 2. The molecule has 0 atom stereocenters. The topological polar surface area (TPSA) is 66.7 Å². The van der Waals surface area contributed by atoms with E-state index in [0.717, 1.165) is 9.99 Å². The summed E-state index contributed by atoms with van der Waals surface area (Å²) in [6.07, 6.45) is 2.10. The summed E-state index contributed by atoms with van der Waals surface area (Å²) in [7, 11) is 0. The molecular weight excluding hydrogens is 300 g/mol. The third-order valence-electron chi connectivity index (χ3n) is 2.74. The average molecular weight is 309 g/mol. The molecule has 6 nitrogen and oxygen atoms in total. The Kier molecular flexibility index (Phi) is 2.55. The molecule has 2 aromatic rings. The molecular formula is C11H9BrN4O2. The van der Waals surface area contributed by atoms with Gasteiger partial charge in [-0.05, 0) is 12.1 Å². The molecule has 3 rings (SSSR count). The summed E-state index contributed by atoms with van der Waals surface area (Å²) in [6.45, 7) is 0.357. The van der Waals surface area contributed by atoms with E-state index in [0.29, 0.717) is 18.8 Å². The third-order valence-corrected chi connectivity index (χ3v) is 3.24. The van der Waals surface area contributed by atoms with Crippen LogP contribution in [0.25, 0.3) is 5.52 Å². The normalized spacial score (nSPS) is 16.2. The van der Waals surface area contributed by atoms with Crippen molar-refractivity contribution in [1.82, 2.24) is 14.9 Å². The second-order valence-corrected chi connectivity index (χ2v) is 4.89. The zero-order chi connectivity index (χ0) is 12.7. The molecule has 1 aliphatic rings. The third kappa shape index (κ3) is 1.86. The number of fused-ring (bicyclic) bond motifs is 1. The Labute approximate surface area is 111 Å². The van der Waals surface area contributed by atoms with E-state index in [2.05, 4.69) is 26.3 Å². The number of imide groups is 1. The quantitative estimate of drug-likeness (QED) is 0.869. The van der Waals surface area contributed by atoms with Crippen LogP contribution in [0.15, 0.2) is 28.9 Å². The van der Waals surface area contributed by atoms with Gasteiger partial charge in [-0.1, -0.05) is 15.9 Å². The standard InChI is InChI=1S/C11H9BrN4O2/c12-7-1-4-16-8(5-7)6-9(14-16)15-3-2-10(17)13-11(15)18/h1,4-6H,2-3H2,(H,13,17,18). The second kappa shape index (κ2) is 4.09. The van der Waals surface area contributed by atoms with Crippen molar-refractivity contribution in [1.29, 1.82) is 0 Å². The zero-order valence-corrected chi connectivity index (χ0v) is 10.8. The maximum absolute atomic E-state index is 11.7. The van der Waals surface area contributed by atoms with Crippen molar-refractivity contribution in [2.45, 2.75) is 6.42 Å². The summed E-state index contributed by atoms with van der Waals surface area (Å²) in [6, 6.07) is 5.15. The Bertz CT molecular complexity index is 652. The minimum absolute atomic E-state index is 0.247. The number of nitrogens with one attached hydrogen (secondary N) is 1. The Balaban J connectivity index is 1.99. The SMILES string of the molecule is O=C1CCN(c2cc3cc(Br)ccn3n2)C(=O)N1. The molecule has 1 saturated heterocycles. The number of anilines is 1. The first-order chi connectivity index (χ1) is 8.63. The molecule has 1 N–H and O–H groups in total. The highest BCUT2D eigenvalue weighted by atomic mass is 79.9. The summed E-state index contributed by atoms with van der Waals surface area (Å²) >= 11 is 3.38. The first-order valence-electron chi connectivity index (χ1n) is 5.40. The van der Waals surface area contributed by atoms with Crippen LogP contribution in [0.1, 0.15) is 6.42 Å². The van der Waals surface area contributed by atoms with Gasteiger partial charge in [0.2, 0.25) is 5.91 Å². The minimum Gasteiger partial charge on any atom is -0.278 e. The summed E-state index contributed by atoms with van der Waals surface area (Å²) < 4.78 is 2.63. The van der Waals surface area contributed by atoms with Gasteiger partial charge in [-0.3, -0.25) is 15.0 Å². The van der Waals surface area contributed by atoms with Crippen LogP contribution < -0.4 is 10.2 Å². The number of hydrogen-bond acceptors (Lipinski definition) is 3. The molecule has 0 spiro atoms. The van der Waals surface area contributed by atoms with Crippen molar-refractivity contribution < 1.29 is 9.59 Å². The highest BCUT2D eigenvalue weighted by molar-refractivity contribution is 9.10. The van der Waals surface area contributed by atoms with Gasteiger partial charge in [-0.2, -0.15) is 0 Å². The van der Waals surface area contributed by atoms with Gasteiger partial charge >= 0.3 is 6.03 Å². The van der Waals surface area contributed by atoms with Gasteiger partial charge in [0.05, 0.1) is 5.52 Å². The number of hydrogen-bond donors (Lipinski definition) is 1. The largest absolute Gasteiger partial charge is 0.329 e. The minimum atomic E-state index is -0.422. The van der Waals surface area contributed by atoms with E-state index >= 15 is 0 Å². The number of amides is 3. The van der Waals surface area contributed by atoms with Crippen LogP contribution in [-0.2, 0) is 4.79 Å². The average Bonchev–Trinajstić information content (AvgIpc) is 2.71. The summed E-state index contributed by atoms with van der Waals surface area (Å²) in [5, 5.41) is 6.58. The molecule has 0 radical (unpaired) electrons. The Hall–Kier alpha value is -1.89. The van der Waals surface area contributed by atoms with Crippen LogP contribution >= 0.6 is 15.9 Å². The maximum atomic E-state index is 11.7. The van der Waals surface area contributed by atoms with Crippen LogP contribution in [-0.4, -0.2) is 28.1 Å². The highest BCUT2D eigenvalue weighted by Crippen LogP contribution is 2.20. The van der Waals surface area contributed by atoms with Gasteiger partial charge in [0.25, 0.3) is 0 Å². The van der Waals surface area contributed by atoms with Crippen LogP contribution in [0.2, 0.25) is 0 Å². The molecule has 0 aliphatic carbocycles.